The zero-order chi connectivity index (χ0) is 96.1. The Labute approximate surface area is 829 Å². The van der Waals surface area contributed by atoms with Gasteiger partial charge in [0.25, 0.3) is 0 Å². The Morgan fingerprint density at radius 2 is 0.206 bits per heavy atom. The molecule has 0 saturated heterocycles. The number of carboxylic acids is 12. The maximum Gasteiger partial charge on any atom is 4.00 e. The topological polar surface area (TPSA) is 482 Å². The van der Waals surface area contributed by atoms with E-state index >= 15 is 0 Å². The molecular weight excluding hydrogens is 1780 g/mol. The molecule has 0 N–H and O–H groups in total. The van der Waals surface area contributed by atoms with Gasteiger partial charge >= 0.3 is 65.2 Å². The number of aliphatic carboxylic acids is 4. The van der Waals surface area contributed by atoms with E-state index in [2.05, 4.69) is 27.7 Å². The maximum absolute atomic E-state index is 10.2. The predicted molar refractivity (Wildman–Crippen MR) is 479 cm³/mol. The van der Waals surface area contributed by atoms with Gasteiger partial charge in [-0.25, -0.2) is 0 Å². The van der Waals surface area contributed by atoms with Crippen molar-refractivity contribution in [1.82, 2.24) is 0 Å². The van der Waals surface area contributed by atoms with Gasteiger partial charge in [0.15, 0.2) is 0 Å². The second-order valence-electron chi connectivity index (χ2n) is 32.9. The van der Waals surface area contributed by atoms with Gasteiger partial charge in [-0.15, -0.1) is 0 Å². The van der Waals surface area contributed by atoms with Crippen LogP contribution in [0.1, 0.15) is 521 Å². The number of carbonyl (C=O) groups is 12. The Morgan fingerprint density at radius 3 is 0.267 bits per heavy atom. The molecule has 0 saturated carbocycles. The van der Waals surface area contributed by atoms with Crippen LogP contribution in [0.15, 0.2) is 97.1 Å². The Balaban J connectivity index is -0.000000270. The van der Waals surface area contributed by atoms with E-state index in [0.717, 1.165) is 148 Å². The van der Waals surface area contributed by atoms with Crippen molar-refractivity contribution in [2.75, 3.05) is 0 Å². The Bertz CT molecular complexity index is 2830. The summed E-state index contributed by atoms with van der Waals surface area (Å²) in [6, 6.07) is 18.5. The summed E-state index contributed by atoms with van der Waals surface area (Å²) < 4.78 is 0. The quantitative estimate of drug-likeness (QED) is 0.0293. The van der Waals surface area contributed by atoms with Crippen LogP contribution in [0, 0.1) is 0 Å². The van der Waals surface area contributed by atoms with Crippen molar-refractivity contribution in [2.45, 2.75) is 439 Å². The Kier molecular flexibility index (Phi) is 108. The molecule has 0 spiro atoms. The minimum atomic E-state index is -1.33. The normalized spacial score (nSPS) is 10.0. The molecule has 4 rings (SSSR count). The van der Waals surface area contributed by atoms with E-state index in [1.165, 1.54) is 334 Å². The van der Waals surface area contributed by atoms with E-state index in [1.807, 2.05) is 0 Å². The third-order valence-corrected chi connectivity index (χ3v) is 21.4. The van der Waals surface area contributed by atoms with Crippen LogP contribution in [0.25, 0.3) is 0 Å². The van der Waals surface area contributed by atoms with E-state index in [9.17, 15) is 119 Å². The summed E-state index contributed by atoms with van der Waals surface area (Å²) in [5, 5.41) is 123. The van der Waals surface area contributed by atoms with Crippen LogP contribution < -0.4 is 61.3 Å². The molecule has 0 bridgehead atoms. The number of carbonyl (C=O) groups excluding carboxylic acids is 12. The first-order valence-corrected chi connectivity index (χ1v) is 48.4. The number of hydrogen-bond donors (Lipinski definition) is 0. The molecule has 0 aliphatic carbocycles. The molecule has 4 aromatic carbocycles. The molecule has 0 aromatic heterocycles. The summed E-state index contributed by atoms with van der Waals surface area (Å²) in [4.78, 5) is 123. The molecule has 27 heteroatoms. The van der Waals surface area contributed by atoms with Crippen LogP contribution in [0.3, 0.4) is 0 Å². The van der Waals surface area contributed by atoms with Gasteiger partial charge in [-0.05, 0) is 95.9 Å². The van der Waals surface area contributed by atoms with Gasteiger partial charge in [0.1, 0.15) is 0 Å². The number of aromatic carboxylic acids is 8. The molecule has 0 aliphatic heterocycles. The smallest absolute Gasteiger partial charge is 0.550 e. The molecule has 0 heterocycles. The molecule has 0 amide bonds. The minimum Gasteiger partial charge on any atom is -0.550 e. The molecule has 0 radical (unpaired) electrons. The zero-order valence-corrected chi connectivity index (χ0v) is 84.5. The second-order valence-corrected chi connectivity index (χ2v) is 32.9. The van der Waals surface area contributed by atoms with Gasteiger partial charge < -0.3 is 119 Å². The van der Waals surface area contributed by atoms with Crippen molar-refractivity contribution in [3.8, 4) is 0 Å². The second kappa shape index (κ2) is 103. The Hall–Kier alpha value is -7.34. The minimum absolute atomic E-state index is 0. The Morgan fingerprint density at radius 1 is 0.137 bits per heavy atom. The van der Waals surface area contributed by atoms with E-state index in [-0.39, 0.29) is 135 Å². The van der Waals surface area contributed by atoms with E-state index in [4.69, 9.17) is 0 Å². The van der Waals surface area contributed by atoms with Gasteiger partial charge in [-0.2, -0.15) is 0 Å². The van der Waals surface area contributed by atoms with Crippen molar-refractivity contribution in [2.24, 2.45) is 0 Å². The first-order chi connectivity index (χ1) is 61.5. The third kappa shape index (κ3) is 101. The first kappa shape index (κ1) is 137. The summed E-state index contributed by atoms with van der Waals surface area (Å²) in [5.74, 6) is -14.3. The summed E-state index contributed by atoms with van der Waals surface area (Å²) >= 11 is 0. The van der Waals surface area contributed by atoms with Crippen molar-refractivity contribution in [1.29, 1.82) is 0 Å². The fourth-order valence-corrected chi connectivity index (χ4v) is 13.5. The fraction of sp³-hybridized carbons (Fsp3) is 0.654. The summed E-state index contributed by atoms with van der Waals surface area (Å²) in [5.41, 5.74) is -0.444. The summed E-state index contributed by atoms with van der Waals surface area (Å²) in [7, 11) is 0. The van der Waals surface area contributed by atoms with Crippen molar-refractivity contribution < 1.29 is 184 Å². The van der Waals surface area contributed by atoms with Crippen LogP contribution in [-0.4, -0.2) is 71.6 Å². The number of benzene rings is 4. The number of hydrogen-bond acceptors (Lipinski definition) is 24. The van der Waals surface area contributed by atoms with E-state index in [0.29, 0.717) is 0 Å². The molecule has 4 aromatic rings. The van der Waals surface area contributed by atoms with Gasteiger partial charge in [-0.3, -0.25) is 0 Å². The molecule has 0 fully saturated rings. The largest absolute Gasteiger partial charge is 4.00 e. The van der Waals surface area contributed by atoms with E-state index < -0.39 is 71.6 Å². The average Bonchev–Trinajstić information content (AvgIpc) is 0.904. The maximum atomic E-state index is 10.2. The van der Waals surface area contributed by atoms with Gasteiger partial charge in [0, 0.05) is 23.9 Å². The molecule has 728 valence electrons. The van der Waals surface area contributed by atoms with Gasteiger partial charge in [-0.1, -0.05) is 484 Å². The van der Waals surface area contributed by atoms with Crippen molar-refractivity contribution >= 4 is 71.6 Å². The first-order valence-electron chi connectivity index (χ1n) is 48.4. The number of unbranched alkanes of at least 4 members (excludes halogenated alkanes) is 56. The van der Waals surface area contributed by atoms with Crippen LogP contribution >= 0.6 is 0 Å². The third-order valence-electron chi connectivity index (χ3n) is 21.4. The molecule has 24 nitrogen and oxygen atoms in total. The number of rotatable bonds is 72. The van der Waals surface area contributed by atoms with Gasteiger partial charge in [0.05, 0.1) is 47.8 Å². The van der Waals surface area contributed by atoms with Crippen molar-refractivity contribution in [3.05, 3.63) is 142 Å². The monoisotopic (exact) mass is 1930 g/mol. The molecular formula is C104H156O24Ti3. The average molecular weight is 1930 g/mol. The summed E-state index contributed by atoms with van der Waals surface area (Å²) in [6.07, 6.45) is 79.4. The zero-order valence-electron chi connectivity index (χ0n) is 79.8. The van der Waals surface area contributed by atoms with Crippen LogP contribution in [0.4, 0.5) is 0 Å². The summed E-state index contributed by atoms with van der Waals surface area (Å²) in [6.45, 7) is 9.07. The van der Waals surface area contributed by atoms with Gasteiger partial charge in [0.2, 0.25) is 0 Å². The molecule has 0 atom stereocenters. The van der Waals surface area contributed by atoms with Crippen LogP contribution in [-0.2, 0) is 84.3 Å². The SMILES string of the molecule is CCCCCCCCCCCCCCCCCC(=O)[O-].CCCCCCCCCCCCCCCCCC(=O)[O-].CCCCCCCCCCCCCCCCCC(=O)[O-].CCCCCCCCCCCCCCCCCC(=O)[O-].O=C([O-])c1ccc(C(=O)[O-])cc1.O=C([O-])c1ccc(C(=O)[O-])cc1.O=C([O-])c1ccc(C(=O)[O-])cc1.O=C([O-])c1ccc(C(=O)[O-])cc1.[Ti+4].[Ti+4].[Ti+4]. The molecule has 0 aliphatic rings. The van der Waals surface area contributed by atoms with Crippen LogP contribution in [0.2, 0.25) is 0 Å². The predicted octanol–water partition coefficient (Wildman–Crippen LogP) is 13.6. The standard InChI is InChI=1S/4C18H36O2.4C8H6O4.3Ti/c4*1-2-3-4-5-6-7-8-9-10-11-12-13-14-15-16-17-18(19)20;4*9-7(10)5-1-2-6(4-3-5)8(11)12;;;/h4*2-17H2,1H3,(H,19,20);4*1-4H,(H,9,10)(H,11,12);;;/q;;;;;;;;3*+4/p-12. The molecule has 0 unspecified atom stereocenters. The molecule has 131 heavy (non-hydrogen) atoms. The number of carboxylic acid groups (broad SMARTS) is 12. The fourth-order valence-electron chi connectivity index (χ4n) is 13.5. The van der Waals surface area contributed by atoms with Crippen molar-refractivity contribution in [3.63, 3.8) is 0 Å². The van der Waals surface area contributed by atoms with Crippen LogP contribution in [0.5, 0.6) is 0 Å². The van der Waals surface area contributed by atoms with E-state index in [1.54, 1.807) is 0 Å².